The molecule has 9 heavy (non-hydrogen) atoms. The molecule has 0 amide bonds. The number of ether oxygens (including phenoxy) is 2. The third-order valence-corrected chi connectivity index (χ3v) is 2.60. The Morgan fingerprint density at radius 2 is 2.00 bits per heavy atom. The van der Waals surface area contributed by atoms with Crippen molar-refractivity contribution in [1.82, 2.24) is 0 Å². The molecule has 0 N–H and O–H groups in total. The zero-order chi connectivity index (χ0) is 6.69. The van der Waals surface area contributed by atoms with Gasteiger partial charge in [-0.1, -0.05) is 22.6 Å². The first-order valence-corrected chi connectivity index (χ1v) is 4.64. The summed E-state index contributed by atoms with van der Waals surface area (Å²) in [5, 5.41) is 0. The highest BCUT2D eigenvalue weighted by Crippen LogP contribution is 2.12. The molecule has 0 aromatic rings. The van der Waals surface area contributed by atoms with Gasteiger partial charge in [-0.2, -0.15) is 0 Å². The van der Waals surface area contributed by atoms with Gasteiger partial charge in [0.2, 0.25) is 0 Å². The van der Waals surface area contributed by atoms with Crippen LogP contribution in [-0.2, 0) is 9.47 Å². The van der Waals surface area contributed by atoms with E-state index in [1.165, 1.54) is 0 Å². The van der Waals surface area contributed by atoms with Crippen LogP contribution in [0.1, 0.15) is 6.92 Å². The van der Waals surface area contributed by atoms with Gasteiger partial charge in [-0.15, -0.1) is 0 Å². The fourth-order valence-electron chi connectivity index (χ4n) is 0.728. The number of rotatable bonds is 1. The van der Waals surface area contributed by atoms with Gasteiger partial charge in [0.25, 0.3) is 0 Å². The van der Waals surface area contributed by atoms with E-state index in [1.807, 2.05) is 6.92 Å². The third-order valence-electron chi connectivity index (χ3n) is 1.35. The highest BCUT2D eigenvalue weighted by molar-refractivity contribution is 14.1. The van der Waals surface area contributed by atoms with Crippen molar-refractivity contribution in [2.45, 2.75) is 13.2 Å². The van der Waals surface area contributed by atoms with Crippen LogP contribution in [0.25, 0.3) is 0 Å². The quantitative estimate of drug-likeness (QED) is 0.511. The minimum atomic E-state index is 0.0178. The summed E-state index contributed by atoms with van der Waals surface area (Å²) >= 11 is 2.35. The fourth-order valence-corrected chi connectivity index (χ4v) is 1.24. The first-order valence-electron chi connectivity index (χ1n) is 3.12. The maximum absolute atomic E-state index is 5.25. The molecule has 0 bridgehead atoms. The van der Waals surface area contributed by atoms with E-state index >= 15 is 0 Å². The molecule has 1 heterocycles. The number of halogens is 1. The summed E-state index contributed by atoms with van der Waals surface area (Å²) in [5.74, 6) is 0.613. The smallest absolute Gasteiger partial charge is 0.154 e. The Bertz CT molecular complexity index is 79.1. The molecular formula is C6H11IO2. The zero-order valence-electron chi connectivity index (χ0n) is 5.47. The molecule has 1 saturated heterocycles. The lowest BCUT2D eigenvalue weighted by atomic mass is 10.2. The van der Waals surface area contributed by atoms with E-state index in [-0.39, 0.29) is 6.29 Å². The van der Waals surface area contributed by atoms with Crippen molar-refractivity contribution in [3.63, 3.8) is 0 Å². The Balaban J connectivity index is 2.18. The van der Waals surface area contributed by atoms with Crippen molar-refractivity contribution in [3.8, 4) is 0 Å². The lowest BCUT2D eigenvalue weighted by Crippen LogP contribution is -2.30. The van der Waals surface area contributed by atoms with Crippen molar-refractivity contribution in [2.24, 2.45) is 5.92 Å². The maximum Gasteiger partial charge on any atom is 0.154 e. The van der Waals surface area contributed by atoms with Crippen molar-refractivity contribution in [1.29, 1.82) is 0 Å². The average molecular weight is 242 g/mol. The molecule has 3 heteroatoms. The second-order valence-corrected chi connectivity index (χ2v) is 3.14. The standard InChI is InChI=1S/C6H11IO2/c1-5-8-3-6(2-7)4-9-5/h5-6H,2-4H2,1H3. The maximum atomic E-state index is 5.25. The topological polar surface area (TPSA) is 18.5 Å². The van der Waals surface area contributed by atoms with Crippen LogP contribution in [-0.4, -0.2) is 23.9 Å². The first-order chi connectivity index (χ1) is 4.33. The van der Waals surface area contributed by atoms with Gasteiger partial charge in [-0.05, 0) is 6.92 Å². The molecule has 2 nitrogen and oxygen atoms in total. The Morgan fingerprint density at radius 1 is 1.44 bits per heavy atom. The summed E-state index contributed by atoms with van der Waals surface area (Å²) in [6, 6.07) is 0. The van der Waals surface area contributed by atoms with Crippen LogP contribution in [0.4, 0.5) is 0 Å². The van der Waals surface area contributed by atoms with E-state index in [9.17, 15) is 0 Å². The Kier molecular flexibility index (Phi) is 3.21. The number of hydrogen-bond donors (Lipinski definition) is 0. The first kappa shape index (κ1) is 7.75. The highest BCUT2D eigenvalue weighted by Gasteiger charge is 2.16. The molecule has 1 fully saturated rings. The summed E-state index contributed by atoms with van der Waals surface area (Å²) in [6.07, 6.45) is 0.0178. The molecule has 1 aliphatic heterocycles. The predicted molar refractivity (Wildman–Crippen MR) is 43.7 cm³/mol. The van der Waals surface area contributed by atoms with Gasteiger partial charge in [0.1, 0.15) is 0 Å². The van der Waals surface area contributed by atoms with Crippen molar-refractivity contribution in [2.75, 3.05) is 17.6 Å². The lowest BCUT2D eigenvalue weighted by molar-refractivity contribution is -0.185. The summed E-state index contributed by atoms with van der Waals surface area (Å²) in [4.78, 5) is 0. The molecule has 0 atom stereocenters. The van der Waals surface area contributed by atoms with Crippen LogP contribution in [0.5, 0.6) is 0 Å². The molecular weight excluding hydrogens is 231 g/mol. The third kappa shape index (κ3) is 2.39. The Morgan fingerprint density at radius 3 is 2.44 bits per heavy atom. The van der Waals surface area contributed by atoms with Gasteiger partial charge < -0.3 is 9.47 Å². The van der Waals surface area contributed by atoms with Gasteiger partial charge in [0.15, 0.2) is 6.29 Å². The molecule has 0 saturated carbocycles. The molecule has 0 aromatic heterocycles. The van der Waals surface area contributed by atoms with E-state index < -0.39 is 0 Å². The molecule has 1 aliphatic rings. The van der Waals surface area contributed by atoms with Crippen LogP contribution in [0.3, 0.4) is 0 Å². The minimum absolute atomic E-state index is 0.0178. The van der Waals surface area contributed by atoms with Crippen molar-refractivity contribution >= 4 is 22.6 Å². The van der Waals surface area contributed by atoms with E-state index in [1.54, 1.807) is 0 Å². The summed E-state index contributed by atoms with van der Waals surface area (Å²) in [7, 11) is 0. The van der Waals surface area contributed by atoms with Gasteiger partial charge in [-0.25, -0.2) is 0 Å². The SMILES string of the molecule is CC1OCC(CI)CO1. The molecule has 0 aromatic carbocycles. The molecule has 0 radical (unpaired) electrons. The fraction of sp³-hybridized carbons (Fsp3) is 1.00. The van der Waals surface area contributed by atoms with E-state index in [4.69, 9.17) is 9.47 Å². The molecule has 0 unspecified atom stereocenters. The monoisotopic (exact) mass is 242 g/mol. The van der Waals surface area contributed by atoms with E-state index in [0.717, 1.165) is 17.6 Å². The minimum Gasteiger partial charge on any atom is -0.353 e. The van der Waals surface area contributed by atoms with Gasteiger partial charge in [-0.3, -0.25) is 0 Å². The average Bonchev–Trinajstić information content (AvgIpc) is 1.90. The van der Waals surface area contributed by atoms with Crippen LogP contribution in [0, 0.1) is 5.92 Å². The van der Waals surface area contributed by atoms with E-state index in [2.05, 4.69) is 22.6 Å². The van der Waals surface area contributed by atoms with Crippen LogP contribution in [0.15, 0.2) is 0 Å². The van der Waals surface area contributed by atoms with Crippen LogP contribution < -0.4 is 0 Å². The normalized spacial score (nSPS) is 36.7. The predicted octanol–water partition coefficient (Wildman–Crippen LogP) is 1.43. The Labute approximate surface area is 69.0 Å². The molecule has 0 aliphatic carbocycles. The number of alkyl halides is 1. The number of hydrogen-bond acceptors (Lipinski definition) is 2. The van der Waals surface area contributed by atoms with E-state index in [0.29, 0.717) is 5.92 Å². The van der Waals surface area contributed by atoms with Crippen molar-refractivity contribution in [3.05, 3.63) is 0 Å². The van der Waals surface area contributed by atoms with Gasteiger partial charge >= 0.3 is 0 Å². The molecule has 1 rings (SSSR count). The van der Waals surface area contributed by atoms with Crippen molar-refractivity contribution < 1.29 is 9.47 Å². The van der Waals surface area contributed by atoms with Gasteiger partial charge in [0, 0.05) is 10.3 Å². The van der Waals surface area contributed by atoms with Crippen LogP contribution in [0.2, 0.25) is 0 Å². The molecule has 54 valence electrons. The molecule has 0 spiro atoms. The highest BCUT2D eigenvalue weighted by atomic mass is 127. The second kappa shape index (κ2) is 3.73. The zero-order valence-corrected chi connectivity index (χ0v) is 7.63. The Hall–Kier alpha value is 0.650. The summed E-state index contributed by atoms with van der Waals surface area (Å²) < 4.78 is 11.6. The largest absolute Gasteiger partial charge is 0.353 e. The lowest BCUT2D eigenvalue weighted by Gasteiger charge is -2.25. The van der Waals surface area contributed by atoms with Crippen LogP contribution >= 0.6 is 22.6 Å². The van der Waals surface area contributed by atoms with Gasteiger partial charge in [0.05, 0.1) is 13.2 Å². The second-order valence-electron chi connectivity index (χ2n) is 2.25. The summed E-state index contributed by atoms with van der Waals surface area (Å²) in [6.45, 7) is 3.66. The summed E-state index contributed by atoms with van der Waals surface area (Å²) in [5.41, 5.74) is 0.